The summed E-state index contributed by atoms with van der Waals surface area (Å²) in [4.78, 5) is 85.0. The lowest BCUT2D eigenvalue weighted by atomic mass is 9.82. The van der Waals surface area contributed by atoms with E-state index in [0.29, 0.717) is 76.8 Å². The molecular formula is C52H71F3N10O7. The minimum atomic E-state index is -4.55. The number of hydrogen-bond acceptors (Lipinski definition) is 12. The third-order valence-corrected chi connectivity index (χ3v) is 15.9. The zero-order valence-corrected chi connectivity index (χ0v) is 41.9. The van der Waals surface area contributed by atoms with Crippen LogP contribution in [-0.4, -0.2) is 148 Å². The Hall–Kier alpha value is -5.47. The molecule has 2 aromatic heterocycles. The maximum Gasteiger partial charge on any atom is 0.416 e. The first-order chi connectivity index (χ1) is 34.5. The SMILES string of the molecule is CC(C)N(C)[C@@H]1CC[C@H](N2CC[C@H](Nc3ncnc4ccc(C(F)(F)F)cc34)C2=O)[C@H](NC(=O)[C@H]2CC[C@H](NC(=O)CCO[C@H]3CC[C@@H](OCCNC(=O)[C@H]4CC(=O)N(C)[C@@H]4c4cccnc4)CC3)CC2)C1. The second-order valence-corrected chi connectivity index (χ2v) is 20.7. The summed E-state index contributed by atoms with van der Waals surface area (Å²) in [6.45, 7) is 5.75. The van der Waals surface area contributed by atoms with Gasteiger partial charge in [-0.05, 0) is 128 Å². The van der Waals surface area contributed by atoms with Gasteiger partial charge in [0, 0.05) is 74.8 Å². The maximum absolute atomic E-state index is 14.1. The molecule has 17 nitrogen and oxygen atoms in total. The smallest absolute Gasteiger partial charge is 0.378 e. The van der Waals surface area contributed by atoms with Crippen LogP contribution in [0.15, 0.2) is 49.1 Å². The molecule has 5 fully saturated rings. The number of ether oxygens (including phenoxy) is 2. The van der Waals surface area contributed by atoms with Crippen LogP contribution in [0.1, 0.15) is 121 Å². The van der Waals surface area contributed by atoms with Crippen LogP contribution in [-0.2, 0) is 39.6 Å². The fraction of sp³-hybridized carbons (Fsp3) is 0.654. The Kier molecular flexibility index (Phi) is 17.3. The van der Waals surface area contributed by atoms with E-state index in [1.165, 1.54) is 12.4 Å². The van der Waals surface area contributed by atoms with Gasteiger partial charge in [-0.15, -0.1) is 0 Å². The van der Waals surface area contributed by atoms with Gasteiger partial charge in [0.15, 0.2) is 0 Å². The fourth-order valence-corrected chi connectivity index (χ4v) is 11.6. The van der Waals surface area contributed by atoms with Gasteiger partial charge in [-0.3, -0.25) is 29.0 Å². The van der Waals surface area contributed by atoms with Gasteiger partial charge in [0.25, 0.3) is 0 Å². The van der Waals surface area contributed by atoms with Crippen molar-refractivity contribution in [2.45, 2.75) is 164 Å². The Labute approximate surface area is 419 Å². The molecule has 72 heavy (non-hydrogen) atoms. The molecule has 3 saturated carbocycles. The quantitative estimate of drug-likeness (QED) is 0.116. The number of likely N-dealkylation sites (tertiary alicyclic amines) is 2. The molecule has 392 valence electrons. The molecule has 3 aliphatic carbocycles. The second-order valence-electron chi connectivity index (χ2n) is 20.7. The van der Waals surface area contributed by atoms with E-state index in [-0.39, 0.29) is 108 Å². The Morgan fingerprint density at radius 3 is 2.32 bits per heavy atom. The predicted octanol–water partition coefficient (Wildman–Crippen LogP) is 5.55. The molecule has 5 aliphatic rings. The number of nitrogens with one attached hydrogen (secondary N) is 4. The second kappa shape index (κ2) is 23.6. The fourth-order valence-electron chi connectivity index (χ4n) is 11.6. The Bertz CT molecular complexity index is 2360. The Balaban J connectivity index is 0.737. The van der Waals surface area contributed by atoms with Crippen LogP contribution in [0.25, 0.3) is 10.9 Å². The van der Waals surface area contributed by atoms with Crippen molar-refractivity contribution in [1.29, 1.82) is 0 Å². The number of nitrogens with zero attached hydrogens (tertiary/aromatic N) is 6. The highest BCUT2D eigenvalue weighted by Crippen LogP contribution is 2.38. The number of halogens is 3. The topological polar surface area (TPSA) is 200 Å². The van der Waals surface area contributed by atoms with E-state index in [1.54, 1.807) is 30.4 Å². The summed E-state index contributed by atoms with van der Waals surface area (Å²) in [5, 5.41) is 12.8. The molecule has 1 aromatic carbocycles. The maximum atomic E-state index is 14.1. The number of hydrogen-bond donors (Lipinski definition) is 4. The third kappa shape index (κ3) is 12.8. The third-order valence-electron chi connectivity index (χ3n) is 15.9. The van der Waals surface area contributed by atoms with Crippen molar-refractivity contribution in [2.24, 2.45) is 11.8 Å². The van der Waals surface area contributed by atoms with Crippen LogP contribution in [0.5, 0.6) is 0 Å². The zero-order valence-electron chi connectivity index (χ0n) is 41.9. The summed E-state index contributed by atoms with van der Waals surface area (Å²) in [7, 11) is 3.81. The molecule has 3 aromatic rings. The lowest BCUT2D eigenvalue weighted by Crippen LogP contribution is -2.59. The predicted molar refractivity (Wildman–Crippen MR) is 262 cm³/mol. The van der Waals surface area contributed by atoms with Crippen LogP contribution in [0.2, 0.25) is 0 Å². The number of carbonyl (C=O) groups excluding carboxylic acids is 5. The minimum Gasteiger partial charge on any atom is -0.378 e. The number of alkyl halides is 3. The first-order valence-electron chi connectivity index (χ1n) is 25.9. The van der Waals surface area contributed by atoms with Crippen molar-refractivity contribution in [1.82, 2.24) is 45.6 Å². The average molecular weight is 1010 g/mol. The van der Waals surface area contributed by atoms with Crippen LogP contribution < -0.4 is 21.3 Å². The molecule has 20 heteroatoms. The number of amides is 5. The first-order valence-corrected chi connectivity index (χ1v) is 25.9. The van der Waals surface area contributed by atoms with Gasteiger partial charge in [0.05, 0.1) is 60.5 Å². The Morgan fingerprint density at radius 1 is 0.889 bits per heavy atom. The summed E-state index contributed by atoms with van der Waals surface area (Å²) in [5.41, 5.74) is 0.346. The summed E-state index contributed by atoms with van der Waals surface area (Å²) < 4.78 is 53.0. The van der Waals surface area contributed by atoms with Gasteiger partial charge in [-0.25, -0.2) is 9.97 Å². The average Bonchev–Trinajstić information content (AvgIpc) is 3.88. The van der Waals surface area contributed by atoms with Crippen molar-refractivity contribution in [3.8, 4) is 0 Å². The van der Waals surface area contributed by atoms with Crippen molar-refractivity contribution >= 4 is 46.3 Å². The summed E-state index contributed by atoms with van der Waals surface area (Å²) in [6.07, 6.45) is 9.11. The van der Waals surface area contributed by atoms with Gasteiger partial charge in [0.2, 0.25) is 29.5 Å². The van der Waals surface area contributed by atoms with Crippen LogP contribution in [0.3, 0.4) is 0 Å². The van der Waals surface area contributed by atoms with Gasteiger partial charge in [-0.1, -0.05) is 6.07 Å². The number of benzene rings is 1. The molecule has 4 heterocycles. The molecule has 0 unspecified atom stereocenters. The molecule has 0 bridgehead atoms. The van der Waals surface area contributed by atoms with E-state index in [4.69, 9.17) is 9.47 Å². The largest absolute Gasteiger partial charge is 0.416 e. The van der Waals surface area contributed by atoms with Crippen LogP contribution in [0.4, 0.5) is 19.0 Å². The monoisotopic (exact) mass is 1000 g/mol. The lowest BCUT2D eigenvalue weighted by molar-refractivity contribution is -0.137. The molecule has 0 radical (unpaired) electrons. The van der Waals surface area contributed by atoms with Crippen molar-refractivity contribution in [2.75, 3.05) is 45.7 Å². The molecule has 2 aliphatic heterocycles. The minimum absolute atomic E-state index is 0.0336. The van der Waals surface area contributed by atoms with E-state index < -0.39 is 23.7 Å². The lowest BCUT2D eigenvalue weighted by Gasteiger charge is -2.45. The van der Waals surface area contributed by atoms with E-state index in [0.717, 1.165) is 49.8 Å². The zero-order chi connectivity index (χ0) is 51.1. The summed E-state index contributed by atoms with van der Waals surface area (Å²) >= 11 is 0. The van der Waals surface area contributed by atoms with Crippen molar-refractivity contribution in [3.05, 3.63) is 60.2 Å². The van der Waals surface area contributed by atoms with Gasteiger partial charge in [0.1, 0.15) is 18.2 Å². The first kappa shape index (κ1) is 52.8. The van der Waals surface area contributed by atoms with Crippen molar-refractivity contribution < 1.29 is 46.6 Å². The number of pyridine rings is 1. The van der Waals surface area contributed by atoms with Crippen molar-refractivity contribution in [3.63, 3.8) is 0 Å². The number of aromatic nitrogens is 3. The van der Waals surface area contributed by atoms with Crippen LogP contribution >= 0.6 is 0 Å². The van der Waals surface area contributed by atoms with E-state index in [9.17, 15) is 37.1 Å². The molecule has 6 atom stereocenters. The van der Waals surface area contributed by atoms with E-state index in [2.05, 4.69) is 62.0 Å². The summed E-state index contributed by atoms with van der Waals surface area (Å²) in [5.74, 6) is -1.08. The standard InChI is InChI=1S/C52H71F3N10O7/c1-31(2)63(3)36-12-18-44(65-23-19-42(51(65)70)61-48-39-26-34(52(53,54)55)9-17-41(39)58-30-59-48)43(27-36)62-49(68)32-7-10-35(11-8-32)60-45(66)20-24-71-37-13-15-38(16-14-37)72-25-22-57-50(69)40-28-46(67)64(4)47(40)33-6-5-21-56-29-33/h5-6,9,17,21,26,29-32,35-38,40,42-44,47H,7-8,10-16,18-20,22-25,27-28H2,1-4H3,(H,57,69)(H,60,66)(H,62,68)(H,58,59,61)/t32-,35-,36-,37-,38+,40+,42+,43-,44+,47-/m1/s1. The van der Waals surface area contributed by atoms with Gasteiger partial charge < -0.3 is 45.4 Å². The molecular weight excluding hydrogens is 934 g/mol. The molecule has 8 rings (SSSR count). The highest BCUT2D eigenvalue weighted by molar-refractivity contribution is 5.93. The number of anilines is 1. The molecule has 4 N–H and O–H groups in total. The van der Waals surface area contributed by atoms with E-state index >= 15 is 0 Å². The van der Waals surface area contributed by atoms with Gasteiger partial charge >= 0.3 is 6.18 Å². The highest BCUT2D eigenvalue weighted by Gasteiger charge is 2.45. The molecule has 0 spiro atoms. The Morgan fingerprint density at radius 2 is 1.62 bits per heavy atom. The molecule has 5 amide bonds. The number of carbonyl (C=O) groups is 5. The number of fused-ring (bicyclic) bond motifs is 1. The van der Waals surface area contributed by atoms with E-state index in [1.807, 2.05) is 11.0 Å². The summed E-state index contributed by atoms with van der Waals surface area (Å²) in [6, 6.07) is 5.85. The number of rotatable bonds is 18. The van der Waals surface area contributed by atoms with Gasteiger partial charge in [-0.2, -0.15) is 13.2 Å². The molecule has 2 saturated heterocycles. The highest BCUT2D eigenvalue weighted by atomic mass is 19.4. The van der Waals surface area contributed by atoms with Crippen LogP contribution in [0, 0.1) is 11.8 Å². The normalized spacial score (nSPS) is 28.2.